The maximum Gasteiger partial charge on any atom is 0.0467 e. The monoisotopic (exact) mass is 187 g/mol. The van der Waals surface area contributed by atoms with E-state index in [1.54, 1.807) is 0 Å². The Hall–Kier alpha value is -0.120. The van der Waals surface area contributed by atoms with E-state index in [4.69, 9.17) is 11.5 Å². The van der Waals surface area contributed by atoms with Gasteiger partial charge in [0.25, 0.3) is 0 Å². The quantitative estimate of drug-likeness (QED) is 0.424. The molecule has 0 saturated carbocycles. The summed E-state index contributed by atoms with van der Waals surface area (Å²) < 4.78 is 0. The lowest BCUT2D eigenvalue weighted by atomic mass is 10.1. The van der Waals surface area contributed by atoms with Crippen molar-refractivity contribution in [1.29, 1.82) is 0 Å². The van der Waals surface area contributed by atoms with E-state index < -0.39 is 0 Å². The van der Waals surface area contributed by atoms with E-state index in [1.165, 1.54) is 38.5 Å². The second-order valence-electron chi connectivity index (χ2n) is 3.53. The molecule has 0 unspecified atom stereocenters. The van der Waals surface area contributed by atoms with E-state index in [1.807, 2.05) is 0 Å². The van der Waals surface area contributed by atoms with E-state index in [0.717, 1.165) is 6.54 Å². The van der Waals surface area contributed by atoms with Crippen LogP contribution in [0.3, 0.4) is 0 Å². The summed E-state index contributed by atoms with van der Waals surface area (Å²) in [4.78, 5) is 2.07. The van der Waals surface area contributed by atoms with Crippen LogP contribution in [-0.4, -0.2) is 24.8 Å². The van der Waals surface area contributed by atoms with Gasteiger partial charge in [0, 0.05) is 19.9 Å². The van der Waals surface area contributed by atoms with Crippen LogP contribution in [0.25, 0.3) is 0 Å². The molecule has 0 aliphatic rings. The van der Waals surface area contributed by atoms with Crippen LogP contribution in [0.4, 0.5) is 0 Å². The Balaban J connectivity index is 3.05. The molecule has 80 valence electrons. The molecular weight excluding hydrogens is 162 g/mol. The molecule has 13 heavy (non-hydrogen) atoms. The van der Waals surface area contributed by atoms with Gasteiger partial charge in [0.15, 0.2) is 0 Å². The average molecular weight is 187 g/mol. The predicted molar refractivity (Wildman–Crippen MR) is 58.2 cm³/mol. The molecule has 3 nitrogen and oxygen atoms in total. The van der Waals surface area contributed by atoms with Crippen LogP contribution in [-0.2, 0) is 0 Å². The molecule has 0 fully saturated rings. The van der Waals surface area contributed by atoms with Gasteiger partial charge in [-0.25, -0.2) is 0 Å². The molecule has 0 aliphatic carbocycles. The third-order valence-electron chi connectivity index (χ3n) is 2.34. The summed E-state index contributed by atoms with van der Waals surface area (Å²) in [6.45, 7) is 4.47. The first-order chi connectivity index (χ1) is 6.35. The minimum atomic E-state index is 0.589. The van der Waals surface area contributed by atoms with E-state index in [9.17, 15) is 0 Å². The molecule has 0 radical (unpaired) electrons. The Morgan fingerprint density at radius 2 is 1.38 bits per heavy atom. The van der Waals surface area contributed by atoms with Crippen LogP contribution < -0.4 is 11.5 Å². The maximum atomic E-state index is 5.49. The molecule has 0 atom stereocenters. The highest BCUT2D eigenvalue weighted by molar-refractivity contribution is 4.51. The standard InChI is InChI=1S/C10H25N3/c1-2-3-4-5-6-7-8-13(9-11)10-12/h2-12H2,1H3. The lowest BCUT2D eigenvalue weighted by Gasteiger charge is -2.16. The minimum Gasteiger partial charge on any atom is -0.318 e. The fourth-order valence-corrected chi connectivity index (χ4v) is 1.37. The van der Waals surface area contributed by atoms with Crippen molar-refractivity contribution in [1.82, 2.24) is 4.90 Å². The summed E-state index contributed by atoms with van der Waals surface area (Å²) in [5.41, 5.74) is 11.0. The summed E-state index contributed by atoms with van der Waals surface area (Å²) in [6, 6.07) is 0. The van der Waals surface area contributed by atoms with Gasteiger partial charge < -0.3 is 11.5 Å². The fraction of sp³-hybridized carbons (Fsp3) is 1.00. The van der Waals surface area contributed by atoms with E-state index in [0.29, 0.717) is 13.3 Å². The Morgan fingerprint density at radius 3 is 1.92 bits per heavy atom. The number of nitrogens with two attached hydrogens (primary N) is 2. The summed E-state index contributed by atoms with van der Waals surface area (Å²) >= 11 is 0. The lowest BCUT2D eigenvalue weighted by Crippen LogP contribution is -2.35. The van der Waals surface area contributed by atoms with Gasteiger partial charge in [-0.3, -0.25) is 4.90 Å². The Kier molecular flexibility index (Phi) is 9.87. The molecule has 0 heterocycles. The summed E-state index contributed by atoms with van der Waals surface area (Å²) in [6.07, 6.45) is 7.97. The van der Waals surface area contributed by atoms with Gasteiger partial charge in [-0.1, -0.05) is 39.0 Å². The van der Waals surface area contributed by atoms with Gasteiger partial charge in [0.2, 0.25) is 0 Å². The first-order valence-electron chi connectivity index (χ1n) is 5.47. The minimum absolute atomic E-state index is 0.589. The van der Waals surface area contributed by atoms with Crippen LogP contribution in [0.5, 0.6) is 0 Å². The van der Waals surface area contributed by atoms with Gasteiger partial charge in [-0.15, -0.1) is 0 Å². The second-order valence-corrected chi connectivity index (χ2v) is 3.53. The zero-order valence-corrected chi connectivity index (χ0v) is 8.97. The molecule has 0 aromatic carbocycles. The molecule has 0 aromatic rings. The Morgan fingerprint density at radius 1 is 0.846 bits per heavy atom. The molecule has 4 N–H and O–H groups in total. The SMILES string of the molecule is CCCCCCCCN(CN)CN. The highest BCUT2D eigenvalue weighted by atomic mass is 15.2. The lowest BCUT2D eigenvalue weighted by molar-refractivity contribution is 0.282. The van der Waals surface area contributed by atoms with Gasteiger partial charge in [-0.05, 0) is 6.42 Å². The molecule has 3 heteroatoms. The van der Waals surface area contributed by atoms with E-state index >= 15 is 0 Å². The molecule has 0 saturated heterocycles. The Labute approximate surface area is 82.5 Å². The molecule has 0 amide bonds. The van der Waals surface area contributed by atoms with Gasteiger partial charge in [-0.2, -0.15) is 0 Å². The number of hydrogen-bond acceptors (Lipinski definition) is 3. The van der Waals surface area contributed by atoms with Gasteiger partial charge in [0.05, 0.1) is 0 Å². The van der Waals surface area contributed by atoms with Gasteiger partial charge in [0.1, 0.15) is 0 Å². The van der Waals surface area contributed by atoms with E-state index in [2.05, 4.69) is 11.8 Å². The molecule has 0 bridgehead atoms. The average Bonchev–Trinajstić information content (AvgIpc) is 2.17. The van der Waals surface area contributed by atoms with Crippen molar-refractivity contribution in [2.75, 3.05) is 19.9 Å². The van der Waals surface area contributed by atoms with Crippen LogP contribution in [0.2, 0.25) is 0 Å². The first kappa shape index (κ1) is 12.9. The van der Waals surface area contributed by atoms with Crippen molar-refractivity contribution >= 4 is 0 Å². The van der Waals surface area contributed by atoms with Crippen LogP contribution in [0, 0.1) is 0 Å². The number of unbranched alkanes of at least 4 members (excludes halogenated alkanes) is 5. The topological polar surface area (TPSA) is 55.3 Å². The number of hydrogen-bond donors (Lipinski definition) is 2. The largest absolute Gasteiger partial charge is 0.318 e. The Bertz CT molecular complexity index is 92.2. The van der Waals surface area contributed by atoms with Crippen molar-refractivity contribution in [3.63, 3.8) is 0 Å². The van der Waals surface area contributed by atoms with Crippen LogP contribution in [0.1, 0.15) is 45.4 Å². The highest BCUT2D eigenvalue weighted by Gasteiger charge is 1.97. The smallest absolute Gasteiger partial charge is 0.0467 e. The number of nitrogens with zero attached hydrogens (tertiary/aromatic N) is 1. The zero-order chi connectivity index (χ0) is 9.94. The van der Waals surface area contributed by atoms with Gasteiger partial charge >= 0.3 is 0 Å². The molecule has 0 spiro atoms. The van der Waals surface area contributed by atoms with Crippen molar-refractivity contribution in [3.05, 3.63) is 0 Å². The first-order valence-corrected chi connectivity index (χ1v) is 5.47. The predicted octanol–water partition coefficient (Wildman–Crippen LogP) is 1.48. The molecule has 0 aliphatic heterocycles. The van der Waals surface area contributed by atoms with Crippen molar-refractivity contribution in [2.45, 2.75) is 45.4 Å². The summed E-state index contributed by atoms with van der Waals surface area (Å²) in [5, 5.41) is 0. The molecule has 0 rings (SSSR count). The summed E-state index contributed by atoms with van der Waals surface area (Å²) in [5.74, 6) is 0. The molecular formula is C10H25N3. The van der Waals surface area contributed by atoms with Crippen molar-refractivity contribution < 1.29 is 0 Å². The molecule has 0 aromatic heterocycles. The third-order valence-corrected chi connectivity index (χ3v) is 2.34. The number of rotatable bonds is 9. The fourth-order valence-electron chi connectivity index (χ4n) is 1.37. The van der Waals surface area contributed by atoms with Crippen LogP contribution in [0.15, 0.2) is 0 Å². The highest BCUT2D eigenvalue weighted by Crippen LogP contribution is 2.05. The zero-order valence-electron chi connectivity index (χ0n) is 8.97. The third kappa shape index (κ3) is 8.22. The van der Waals surface area contributed by atoms with Crippen molar-refractivity contribution in [2.24, 2.45) is 11.5 Å². The maximum absolute atomic E-state index is 5.49. The van der Waals surface area contributed by atoms with Crippen molar-refractivity contribution in [3.8, 4) is 0 Å². The normalized spacial score (nSPS) is 11.1. The summed E-state index contributed by atoms with van der Waals surface area (Å²) in [7, 11) is 0. The van der Waals surface area contributed by atoms with E-state index in [-0.39, 0.29) is 0 Å². The van der Waals surface area contributed by atoms with Crippen LogP contribution >= 0.6 is 0 Å². The second kappa shape index (κ2) is 9.96.